The van der Waals surface area contributed by atoms with Crippen molar-refractivity contribution in [2.24, 2.45) is 0 Å². The Kier molecular flexibility index (Phi) is 5.78. The third-order valence-electron chi connectivity index (χ3n) is 4.79. The summed E-state index contributed by atoms with van der Waals surface area (Å²) in [6.07, 6.45) is 1.57. The van der Waals surface area contributed by atoms with Crippen molar-refractivity contribution in [3.05, 3.63) is 93.8 Å². The minimum Gasteiger partial charge on any atom is -0.438 e. The van der Waals surface area contributed by atoms with E-state index >= 15 is 0 Å². The molecule has 0 unspecified atom stereocenters. The van der Waals surface area contributed by atoms with Crippen LogP contribution in [0.25, 0.3) is 11.1 Å². The fraction of sp³-hybridized carbons (Fsp3) is 0.0800. The van der Waals surface area contributed by atoms with Gasteiger partial charge in [-0.1, -0.05) is 29.8 Å². The largest absolute Gasteiger partial charge is 0.438 e. The normalized spacial score (nSPS) is 10.4. The maximum atomic E-state index is 13.0. The van der Waals surface area contributed by atoms with Gasteiger partial charge in [-0.3, -0.25) is 4.79 Å². The molecule has 0 fully saturated rings. The summed E-state index contributed by atoms with van der Waals surface area (Å²) in [4.78, 5) is 17.7. The molecular formula is C25H19N3O2S. The summed E-state index contributed by atoms with van der Waals surface area (Å²) in [7, 11) is 0. The third kappa shape index (κ3) is 4.47. The lowest BCUT2D eigenvalue weighted by atomic mass is 10.0. The minimum absolute atomic E-state index is 0.154. The van der Waals surface area contributed by atoms with Crippen LogP contribution in [0.4, 0.5) is 5.69 Å². The van der Waals surface area contributed by atoms with E-state index in [-0.39, 0.29) is 11.8 Å². The highest BCUT2D eigenvalue weighted by atomic mass is 32.1. The first kappa shape index (κ1) is 20.3. The van der Waals surface area contributed by atoms with Crippen LogP contribution in [0.3, 0.4) is 0 Å². The lowest BCUT2D eigenvalue weighted by Gasteiger charge is -2.12. The van der Waals surface area contributed by atoms with E-state index in [4.69, 9.17) is 4.74 Å². The molecule has 2 aromatic carbocycles. The van der Waals surface area contributed by atoms with E-state index in [9.17, 15) is 10.1 Å². The standard InChI is InChI=1S/C25H19N3O2S/c1-16-5-7-18(8-6-16)21-11-13-31-23(21)24(29)28-22-10-9-20(14-17(22)2)30-25-19(15-26)4-3-12-27-25/h3-14H,1-2H3,(H,28,29). The van der Waals surface area contributed by atoms with Gasteiger partial charge in [0.25, 0.3) is 5.91 Å². The van der Waals surface area contributed by atoms with Crippen LogP contribution in [0.5, 0.6) is 11.6 Å². The number of hydrogen-bond acceptors (Lipinski definition) is 5. The van der Waals surface area contributed by atoms with Gasteiger partial charge in [0, 0.05) is 17.4 Å². The van der Waals surface area contributed by atoms with Crippen LogP contribution >= 0.6 is 11.3 Å². The Bertz CT molecular complexity index is 1290. The van der Waals surface area contributed by atoms with Crippen LogP contribution in [0.15, 0.2) is 72.2 Å². The average Bonchev–Trinajstić information content (AvgIpc) is 3.26. The number of nitrogens with zero attached hydrogens (tertiary/aromatic N) is 2. The second-order valence-corrected chi connectivity index (χ2v) is 7.95. The molecule has 2 heterocycles. The molecule has 0 aliphatic carbocycles. The fourth-order valence-corrected chi connectivity index (χ4v) is 3.94. The Morgan fingerprint density at radius 3 is 2.65 bits per heavy atom. The van der Waals surface area contributed by atoms with Gasteiger partial charge >= 0.3 is 0 Å². The number of aryl methyl sites for hydroxylation is 2. The number of aromatic nitrogens is 1. The number of ether oxygens (including phenoxy) is 1. The number of nitrogens with one attached hydrogen (secondary N) is 1. The number of amides is 1. The number of rotatable bonds is 5. The minimum atomic E-state index is -0.154. The zero-order chi connectivity index (χ0) is 21.8. The number of benzene rings is 2. The quantitative estimate of drug-likeness (QED) is 0.405. The molecule has 1 amide bonds. The molecule has 0 spiro atoms. The van der Waals surface area contributed by atoms with Gasteiger partial charge in [-0.2, -0.15) is 5.26 Å². The molecule has 2 aromatic heterocycles. The number of thiophene rings is 1. The Morgan fingerprint density at radius 2 is 1.90 bits per heavy atom. The number of anilines is 1. The van der Waals surface area contributed by atoms with E-state index in [1.54, 1.807) is 36.5 Å². The molecule has 0 saturated heterocycles. The van der Waals surface area contributed by atoms with Gasteiger partial charge in [0.2, 0.25) is 5.88 Å². The Morgan fingerprint density at radius 1 is 1.10 bits per heavy atom. The summed E-state index contributed by atoms with van der Waals surface area (Å²) in [6.45, 7) is 3.93. The molecule has 1 N–H and O–H groups in total. The van der Waals surface area contributed by atoms with Crippen LogP contribution in [0.1, 0.15) is 26.4 Å². The van der Waals surface area contributed by atoms with Crippen molar-refractivity contribution in [1.29, 1.82) is 5.26 Å². The first-order chi connectivity index (χ1) is 15.0. The van der Waals surface area contributed by atoms with E-state index < -0.39 is 0 Å². The number of nitriles is 1. The predicted molar refractivity (Wildman–Crippen MR) is 123 cm³/mol. The lowest BCUT2D eigenvalue weighted by Crippen LogP contribution is -2.12. The smallest absolute Gasteiger partial charge is 0.266 e. The van der Waals surface area contributed by atoms with E-state index in [0.29, 0.717) is 21.9 Å². The first-order valence-corrected chi connectivity index (χ1v) is 10.5. The summed E-state index contributed by atoms with van der Waals surface area (Å²) < 4.78 is 5.76. The Labute approximate surface area is 184 Å². The van der Waals surface area contributed by atoms with Gasteiger partial charge in [0.1, 0.15) is 17.4 Å². The second kappa shape index (κ2) is 8.82. The van der Waals surface area contributed by atoms with E-state index in [0.717, 1.165) is 16.7 Å². The summed E-state index contributed by atoms with van der Waals surface area (Å²) in [5.41, 5.74) is 5.01. The summed E-state index contributed by atoms with van der Waals surface area (Å²) >= 11 is 1.42. The molecule has 152 valence electrons. The zero-order valence-corrected chi connectivity index (χ0v) is 17.9. The molecular weight excluding hydrogens is 406 g/mol. The van der Waals surface area contributed by atoms with Crippen molar-refractivity contribution < 1.29 is 9.53 Å². The Balaban J connectivity index is 1.53. The molecule has 4 rings (SSSR count). The van der Waals surface area contributed by atoms with Crippen molar-refractivity contribution in [2.45, 2.75) is 13.8 Å². The monoisotopic (exact) mass is 425 g/mol. The van der Waals surface area contributed by atoms with Gasteiger partial charge in [-0.05, 0) is 66.8 Å². The molecule has 0 bridgehead atoms. The van der Waals surface area contributed by atoms with Crippen molar-refractivity contribution in [3.63, 3.8) is 0 Å². The number of pyridine rings is 1. The molecule has 31 heavy (non-hydrogen) atoms. The van der Waals surface area contributed by atoms with Crippen LogP contribution in [-0.4, -0.2) is 10.9 Å². The SMILES string of the molecule is Cc1ccc(-c2ccsc2C(=O)Nc2ccc(Oc3ncccc3C#N)cc2C)cc1. The van der Waals surface area contributed by atoms with Gasteiger partial charge < -0.3 is 10.1 Å². The van der Waals surface area contributed by atoms with Crippen LogP contribution in [0, 0.1) is 25.2 Å². The second-order valence-electron chi connectivity index (χ2n) is 7.03. The van der Waals surface area contributed by atoms with Gasteiger partial charge in [0.05, 0.1) is 4.88 Å². The van der Waals surface area contributed by atoms with Crippen LogP contribution in [0.2, 0.25) is 0 Å². The van der Waals surface area contributed by atoms with Gasteiger partial charge in [-0.15, -0.1) is 11.3 Å². The molecule has 0 saturated carbocycles. The number of carbonyl (C=O) groups is 1. The fourth-order valence-electron chi connectivity index (χ4n) is 3.13. The van der Waals surface area contributed by atoms with E-state index in [1.807, 2.05) is 49.6 Å². The van der Waals surface area contributed by atoms with Crippen molar-refractivity contribution in [1.82, 2.24) is 4.98 Å². The van der Waals surface area contributed by atoms with Gasteiger partial charge in [-0.25, -0.2) is 4.98 Å². The molecule has 5 nitrogen and oxygen atoms in total. The third-order valence-corrected chi connectivity index (χ3v) is 5.70. The maximum Gasteiger partial charge on any atom is 0.266 e. The summed E-state index contributed by atoms with van der Waals surface area (Å²) in [5, 5.41) is 14.1. The lowest BCUT2D eigenvalue weighted by molar-refractivity contribution is 0.103. The van der Waals surface area contributed by atoms with E-state index in [1.165, 1.54) is 16.9 Å². The average molecular weight is 426 g/mol. The molecule has 0 atom stereocenters. The van der Waals surface area contributed by atoms with E-state index in [2.05, 4.69) is 16.4 Å². The Hall–Kier alpha value is -3.95. The number of carbonyl (C=O) groups excluding carboxylic acids is 1. The summed E-state index contributed by atoms with van der Waals surface area (Å²) in [6, 6.07) is 20.8. The first-order valence-electron chi connectivity index (χ1n) is 9.64. The van der Waals surface area contributed by atoms with Crippen molar-refractivity contribution >= 4 is 22.9 Å². The molecule has 6 heteroatoms. The molecule has 0 radical (unpaired) electrons. The van der Waals surface area contributed by atoms with Crippen LogP contribution in [-0.2, 0) is 0 Å². The topological polar surface area (TPSA) is 75.0 Å². The molecule has 0 aliphatic heterocycles. The summed E-state index contributed by atoms with van der Waals surface area (Å²) in [5.74, 6) is 0.642. The zero-order valence-electron chi connectivity index (χ0n) is 17.0. The van der Waals surface area contributed by atoms with Gasteiger partial charge in [0.15, 0.2) is 0 Å². The highest BCUT2D eigenvalue weighted by Gasteiger charge is 2.16. The highest BCUT2D eigenvalue weighted by molar-refractivity contribution is 7.12. The molecule has 4 aromatic rings. The molecule has 0 aliphatic rings. The van der Waals surface area contributed by atoms with Crippen molar-refractivity contribution in [2.75, 3.05) is 5.32 Å². The van der Waals surface area contributed by atoms with Crippen molar-refractivity contribution in [3.8, 4) is 28.8 Å². The number of hydrogen-bond donors (Lipinski definition) is 1. The van der Waals surface area contributed by atoms with Crippen LogP contribution < -0.4 is 10.1 Å². The highest BCUT2D eigenvalue weighted by Crippen LogP contribution is 2.31. The predicted octanol–water partition coefficient (Wildman–Crippen LogP) is 6.34. The maximum absolute atomic E-state index is 13.0.